The van der Waals surface area contributed by atoms with Gasteiger partial charge in [-0.1, -0.05) is 12.1 Å². The number of piperazine rings is 1. The third-order valence-electron chi connectivity index (χ3n) is 5.90. The van der Waals surface area contributed by atoms with E-state index in [1.807, 2.05) is 17.0 Å². The maximum atomic E-state index is 13.9. The number of ether oxygens (including phenoxy) is 1. The number of oxazole rings is 1. The van der Waals surface area contributed by atoms with Crippen molar-refractivity contribution in [2.45, 2.75) is 19.3 Å². The lowest BCUT2D eigenvalue weighted by molar-refractivity contribution is -0.133. The molecule has 0 saturated carbocycles. The van der Waals surface area contributed by atoms with Crippen molar-refractivity contribution < 1.29 is 22.7 Å². The maximum absolute atomic E-state index is 13.9. The van der Waals surface area contributed by atoms with Gasteiger partial charge in [0, 0.05) is 51.6 Å². The van der Waals surface area contributed by atoms with E-state index >= 15 is 0 Å². The summed E-state index contributed by atoms with van der Waals surface area (Å²) < 4.78 is 37.8. The van der Waals surface area contributed by atoms with Crippen molar-refractivity contribution >= 4 is 5.91 Å². The summed E-state index contributed by atoms with van der Waals surface area (Å²) in [4.78, 5) is 21.0. The van der Waals surface area contributed by atoms with E-state index in [0.29, 0.717) is 25.4 Å². The second-order valence-electron chi connectivity index (χ2n) is 8.06. The number of carbonyl (C=O) groups excluding carboxylic acids is 1. The van der Waals surface area contributed by atoms with Gasteiger partial charge in [-0.05, 0) is 36.2 Å². The van der Waals surface area contributed by atoms with Gasteiger partial charge in [0.15, 0.2) is 11.7 Å². The van der Waals surface area contributed by atoms with Crippen LogP contribution >= 0.6 is 0 Å². The highest BCUT2D eigenvalue weighted by molar-refractivity contribution is 5.76. The Morgan fingerprint density at radius 1 is 1.06 bits per heavy atom. The lowest BCUT2D eigenvalue weighted by atomic mass is 10.1. The normalized spacial score (nSPS) is 14.5. The molecule has 1 aromatic heterocycles. The first kappa shape index (κ1) is 22.9. The Morgan fingerprint density at radius 2 is 1.82 bits per heavy atom. The third-order valence-corrected chi connectivity index (χ3v) is 5.90. The minimum absolute atomic E-state index is 0.0533. The van der Waals surface area contributed by atoms with Crippen LogP contribution in [0.5, 0.6) is 5.75 Å². The number of aromatic nitrogens is 1. The van der Waals surface area contributed by atoms with Crippen LogP contribution in [0, 0.1) is 11.6 Å². The minimum atomic E-state index is -0.710. The van der Waals surface area contributed by atoms with E-state index in [9.17, 15) is 13.6 Å². The summed E-state index contributed by atoms with van der Waals surface area (Å²) in [6.07, 6.45) is 2.97. The number of carbonyl (C=O) groups is 1. The number of amides is 1. The number of benzene rings is 2. The van der Waals surface area contributed by atoms with Crippen LogP contribution in [0.25, 0.3) is 11.3 Å². The molecule has 1 aliphatic rings. The first-order valence-corrected chi connectivity index (χ1v) is 11.0. The van der Waals surface area contributed by atoms with Crippen molar-refractivity contribution in [1.82, 2.24) is 14.8 Å². The van der Waals surface area contributed by atoms with Gasteiger partial charge in [-0.15, -0.1) is 0 Å². The molecule has 1 saturated heterocycles. The van der Waals surface area contributed by atoms with Crippen LogP contribution < -0.4 is 4.74 Å². The van der Waals surface area contributed by atoms with E-state index in [-0.39, 0.29) is 23.7 Å². The Morgan fingerprint density at radius 3 is 2.52 bits per heavy atom. The molecule has 8 heteroatoms. The topological polar surface area (TPSA) is 58.8 Å². The molecule has 0 N–H and O–H groups in total. The maximum Gasteiger partial charge on any atom is 0.223 e. The van der Waals surface area contributed by atoms with Crippen molar-refractivity contribution in [2.75, 3.05) is 39.8 Å². The molecule has 4 rings (SSSR count). The standard InChI is InChI=1S/C25H27F2N3O3/c1-32-20-5-2-18(3-6-20)10-11-29-12-14-30(15-13-29)25(31)9-8-24-28-17-23(33-24)21-7-4-19(26)16-22(21)27/h2-7,16-17H,8-15H2,1H3. The molecule has 1 aliphatic heterocycles. The molecule has 0 bridgehead atoms. The fourth-order valence-electron chi connectivity index (χ4n) is 3.91. The van der Waals surface area contributed by atoms with Crippen molar-refractivity contribution in [3.05, 3.63) is 71.8 Å². The van der Waals surface area contributed by atoms with Gasteiger partial charge < -0.3 is 14.1 Å². The quantitative estimate of drug-likeness (QED) is 0.515. The molecule has 0 unspecified atom stereocenters. The number of aryl methyl sites for hydroxylation is 1. The summed E-state index contributed by atoms with van der Waals surface area (Å²) >= 11 is 0. The molecular formula is C25H27F2N3O3. The predicted octanol–water partition coefficient (Wildman–Crippen LogP) is 3.95. The van der Waals surface area contributed by atoms with Gasteiger partial charge in [-0.3, -0.25) is 9.69 Å². The predicted molar refractivity (Wildman–Crippen MR) is 120 cm³/mol. The van der Waals surface area contributed by atoms with E-state index < -0.39 is 11.6 Å². The number of nitrogens with zero attached hydrogens (tertiary/aromatic N) is 3. The van der Waals surface area contributed by atoms with Crippen molar-refractivity contribution in [3.8, 4) is 17.1 Å². The van der Waals surface area contributed by atoms with Gasteiger partial charge in [-0.2, -0.15) is 0 Å². The lowest BCUT2D eigenvalue weighted by Crippen LogP contribution is -2.49. The minimum Gasteiger partial charge on any atom is -0.497 e. The van der Waals surface area contributed by atoms with Gasteiger partial charge in [0.05, 0.1) is 18.9 Å². The zero-order chi connectivity index (χ0) is 23.2. The van der Waals surface area contributed by atoms with Gasteiger partial charge >= 0.3 is 0 Å². The largest absolute Gasteiger partial charge is 0.497 e. The second kappa shape index (κ2) is 10.6. The van der Waals surface area contributed by atoms with Crippen LogP contribution in [0.3, 0.4) is 0 Å². The molecule has 174 valence electrons. The fourth-order valence-corrected chi connectivity index (χ4v) is 3.91. The number of hydrogen-bond acceptors (Lipinski definition) is 5. The number of hydrogen-bond donors (Lipinski definition) is 0. The Kier molecular flexibility index (Phi) is 7.34. The second-order valence-corrected chi connectivity index (χ2v) is 8.06. The van der Waals surface area contributed by atoms with E-state index in [1.54, 1.807) is 7.11 Å². The molecule has 1 fully saturated rings. The summed E-state index contributed by atoms with van der Waals surface area (Å²) in [5, 5.41) is 0. The average molecular weight is 456 g/mol. The number of rotatable bonds is 8. The molecule has 0 radical (unpaired) electrons. The zero-order valence-corrected chi connectivity index (χ0v) is 18.6. The lowest BCUT2D eigenvalue weighted by Gasteiger charge is -2.34. The first-order valence-electron chi connectivity index (χ1n) is 11.0. The van der Waals surface area contributed by atoms with Gasteiger partial charge in [0.2, 0.25) is 5.91 Å². The van der Waals surface area contributed by atoms with Crippen molar-refractivity contribution in [2.24, 2.45) is 0 Å². The highest BCUT2D eigenvalue weighted by Gasteiger charge is 2.21. The summed E-state index contributed by atoms with van der Waals surface area (Å²) in [6, 6.07) is 11.4. The Balaban J connectivity index is 1.20. The number of methoxy groups -OCH3 is 1. The smallest absolute Gasteiger partial charge is 0.223 e. The molecule has 2 aromatic carbocycles. The Labute approximate surface area is 191 Å². The molecule has 1 amide bonds. The fraction of sp³-hybridized carbons (Fsp3) is 0.360. The van der Waals surface area contributed by atoms with E-state index in [4.69, 9.17) is 9.15 Å². The Bertz CT molecular complexity index is 1080. The van der Waals surface area contributed by atoms with E-state index in [1.165, 1.54) is 23.9 Å². The molecule has 0 spiro atoms. The molecule has 0 atom stereocenters. The van der Waals surface area contributed by atoms with Crippen LogP contribution in [0.2, 0.25) is 0 Å². The molecule has 33 heavy (non-hydrogen) atoms. The first-order chi connectivity index (χ1) is 16.0. The van der Waals surface area contributed by atoms with E-state index in [2.05, 4.69) is 22.0 Å². The van der Waals surface area contributed by atoms with Crippen LogP contribution in [-0.2, 0) is 17.6 Å². The molecule has 2 heterocycles. The highest BCUT2D eigenvalue weighted by Crippen LogP contribution is 2.24. The summed E-state index contributed by atoms with van der Waals surface area (Å²) in [6.45, 7) is 4.02. The van der Waals surface area contributed by atoms with Crippen molar-refractivity contribution in [3.63, 3.8) is 0 Å². The number of halogens is 2. The van der Waals surface area contributed by atoms with Crippen LogP contribution in [0.4, 0.5) is 8.78 Å². The van der Waals surface area contributed by atoms with E-state index in [0.717, 1.165) is 37.9 Å². The van der Waals surface area contributed by atoms with Crippen LogP contribution in [0.15, 0.2) is 53.1 Å². The monoisotopic (exact) mass is 455 g/mol. The van der Waals surface area contributed by atoms with Crippen LogP contribution in [-0.4, -0.2) is 60.5 Å². The van der Waals surface area contributed by atoms with Crippen molar-refractivity contribution in [1.29, 1.82) is 0 Å². The molecule has 3 aromatic rings. The molecular weight excluding hydrogens is 428 g/mol. The molecule has 0 aliphatic carbocycles. The van der Waals surface area contributed by atoms with Gasteiger partial charge in [0.1, 0.15) is 17.4 Å². The highest BCUT2D eigenvalue weighted by atomic mass is 19.1. The Hall–Kier alpha value is -3.26. The zero-order valence-electron chi connectivity index (χ0n) is 18.6. The van der Waals surface area contributed by atoms with Gasteiger partial charge in [-0.25, -0.2) is 13.8 Å². The third kappa shape index (κ3) is 5.96. The SMILES string of the molecule is COc1ccc(CCN2CCN(C(=O)CCc3ncc(-c4ccc(F)cc4F)o3)CC2)cc1. The molecule has 6 nitrogen and oxygen atoms in total. The summed E-state index contributed by atoms with van der Waals surface area (Å²) in [5.74, 6) is 0.133. The summed E-state index contributed by atoms with van der Waals surface area (Å²) in [5.41, 5.74) is 1.41. The average Bonchev–Trinajstić information content (AvgIpc) is 3.30. The van der Waals surface area contributed by atoms with Crippen LogP contribution in [0.1, 0.15) is 17.9 Å². The summed E-state index contributed by atoms with van der Waals surface area (Å²) in [7, 11) is 1.66. The van der Waals surface area contributed by atoms with Gasteiger partial charge in [0.25, 0.3) is 0 Å².